The second kappa shape index (κ2) is 7.11. The van der Waals surface area contributed by atoms with Gasteiger partial charge >= 0.3 is 0 Å². The summed E-state index contributed by atoms with van der Waals surface area (Å²) < 4.78 is 5.63. The minimum Gasteiger partial charge on any atom is -0.460 e. The Morgan fingerprint density at radius 3 is 2.82 bits per heavy atom. The summed E-state index contributed by atoms with van der Waals surface area (Å²) in [4.78, 5) is 0. The van der Waals surface area contributed by atoms with Gasteiger partial charge < -0.3 is 14.8 Å². The average molecular weight is 305 g/mol. The van der Waals surface area contributed by atoms with Gasteiger partial charge in [-0.1, -0.05) is 13.8 Å². The molecule has 0 saturated heterocycles. The van der Waals surface area contributed by atoms with Gasteiger partial charge in [-0.15, -0.1) is 0 Å². The molecular formula is C17H27N3O2. The molecule has 0 aromatic carbocycles. The average Bonchev–Trinajstić information content (AvgIpc) is 3.05. The molecule has 0 bridgehead atoms. The number of hydrogen-bond donors (Lipinski definition) is 3. The summed E-state index contributed by atoms with van der Waals surface area (Å²) in [5, 5.41) is 20.8. The van der Waals surface area contributed by atoms with E-state index in [1.807, 2.05) is 26.0 Å². The van der Waals surface area contributed by atoms with E-state index in [1.54, 1.807) is 6.20 Å². The monoisotopic (exact) mass is 305 g/mol. The van der Waals surface area contributed by atoms with Gasteiger partial charge in [0.1, 0.15) is 11.5 Å². The maximum Gasteiger partial charge on any atom is 0.152 e. The summed E-state index contributed by atoms with van der Waals surface area (Å²) in [6.07, 6.45) is 3.62. The van der Waals surface area contributed by atoms with Gasteiger partial charge in [-0.2, -0.15) is 5.10 Å². The highest BCUT2D eigenvalue weighted by molar-refractivity contribution is 5.56. The molecule has 2 aromatic heterocycles. The quantitative estimate of drug-likeness (QED) is 0.700. The van der Waals surface area contributed by atoms with E-state index in [-0.39, 0.29) is 0 Å². The van der Waals surface area contributed by atoms with Crippen molar-refractivity contribution in [2.45, 2.75) is 52.7 Å². The lowest BCUT2D eigenvalue weighted by Gasteiger charge is -2.24. The van der Waals surface area contributed by atoms with Crippen molar-refractivity contribution in [3.8, 4) is 11.5 Å². The fourth-order valence-corrected chi connectivity index (χ4v) is 2.38. The van der Waals surface area contributed by atoms with E-state index in [9.17, 15) is 5.11 Å². The van der Waals surface area contributed by atoms with Gasteiger partial charge in [0, 0.05) is 18.7 Å². The second-order valence-corrected chi connectivity index (χ2v) is 6.71. The van der Waals surface area contributed by atoms with Gasteiger partial charge in [0.15, 0.2) is 5.76 Å². The third-order valence-electron chi connectivity index (χ3n) is 3.79. The molecule has 1 unspecified atom stereocenters. The van der Waals surface area contributed by atoms with Gasteiger partial charge in [-0.05, 0) is 44.7 Å². The summed E-state index contributed by atoms with van der Waals surface area (Å²) in [7, 11) is 0. The van der Waals surface area contributed by atoms with Crippen LogP contribution in [0.15, 0.2) is 22.7 Å². The zero-order chi connectivity index (χ0) is 16.2. The molecule has 1 atom stereocenters. The first-order valence-electron chi connectivity index (χ1n) is 7.89. The lowest BCUT2D eigenvalue weighted by Crippen LogP contribution is -2.37. The predicted octanol–water partition coefficient (Wildman–Crippen LogP) is 3.25. The zero-order valence-corrected chi connectivity index (χ0v) is 13.9. The van der Waals surface area contributed by atoms with Crippen LogP contribution in [0, 0.1) is 12.8 Å². The maximum absolute atomic E-state index is 10.4. The van der Waals surface area contributed by atoms with E-state index < -0.39 is 5.60 Å². The molecule has 2 heterocycles. The van der Waals surface area contributed by atoms with Crippen LogP contribution < -0.4 is 5.32 Å². The van der Waals surface area contributed by atoms with E-state index >= 15 is 0 Å². The van der Waals surface area contributed by atoms with Crippen LogP contribution in [0.4, 0.5) is 0 Å². The Bertz CT molecular complexity index is 584. The Kier molecular flexibility index (Phi) is 5.42. The van der Waals surface area contributed by atoms with Crippen molar-refractivity contribution in [2.24, 2.45) is 5.92 Å². The van der Waals surface area contributed by atoms with Crippen molar-refractivity contribution in [2.75, 3.05) is 6.54 Å². The molecule has 0 amide bonds. The number of aliphatic hydroxyl groups is 1. The smallest absolute Gasteiger partial charge is 0.152 e. The Hall–Kier alpha value is -1.59. The third-order valence-corrected chi connectivity index (χ3v) is 3.79. The first kappa shape index (κ1) is 16.8. The van der Waals surface area contributed by atoms with E-state index in [2.05, 4.69) is 29.4 Å². The largest absolute Gasteiger partial charge is 0.460 e. The molecule has 3 N–H and O–H groups in total. The van der Waals surface area contributed by atoms with Crippen LogP contribution >= 0.6 is 0 Å². The molecule has 0 radical (unpaired) electrons. The van der Waals surface area contributed by atoms with E-state index in [1.165, 1.54) is 0 Å². The van der Waals surface area contributed by atoms with Gasteiger partial charge in [0.2, 0.25) is 0 Å². The Morgan fingerprint density at radius 1 is 1.41 bits per heavy atom. The first-order chi connectivity index (χ1) is 10.4. The fraction of sp³-hybridized carbons (Fsp3) is 0.588. The minimum atomic E-state index is -0.685. The highest BCUT2D eigenvalue weighted by Crippen LogP contribution is 2.23. The number of H-pyrrole nitrogens is 1. The van der Waals surface area contributed by atoms with Crippen LogP contribution in [0.3, 0.4) is 0 Å². The molecular weight excluding hydrogens is 278 g/mol. The fourth-order valence-electron chi connectivity index (χ4n) is 2.38. The van der Waals surface area contributed by atoms with E-state index in [0.717, 1.165) is 35.6 Å². The zero-order valence-electron chi connectivity index (χ0n) is 13.9. The third kappa shape index (κ3) is 4.71. The minimum absolute atomic E-state index is 0.557. The standard InChI is InChI=1S/C17H27N3O2/c1-12(2)7-8-17(4,21)11-18-9-14-10-19-20-16(14)15-6-5-13(3)22-15/h5-6,10,12,18,21H,7-9,11H2,1-4H3,(H,19,20). The van der Waals surface area contributed by atoms with Crippen molar-refractivity contribution in [3.05, 3.63) is 29.7 Å². The topological polar surface area (TPSA) is 74.1 Å². The molecule has 0 saturated carbocycles. The van der Waals surface area contributed by atoms with Crippen LogP contribution in [0.5, 0.6) is 0 Å². The highest BCUT2D eigenvalue weighted by Gasteiger charge is 2.20. The molecule has 122 valence electrons. The lowest BCUT2D eigenvalue weighted by molar-refractivity contribution is 0.0451. The van der Waals surface area contributed by atoms with Crippen LogP contribution in [-0.4, -0.2) is 27.4 Å². The molecule has 22 heavy (non-hydrogen) atoms. The molecule has 0 aliphatic heterocycles. The summed E-state index contributed by atoms with van der Waals surface area (Å²) in [5.74, 6) is 2.27. The van der Waals surface area contributed by atoms with Crippen molar-refractivity contribution in [1.82, 2.24) is 15.5 Å². The number of nitrogens with zero attached hydrogens (tertiary/aromatic N) is 1. The van der Waals surface area contributed by atoms with E-state index in [0.29, 0.717) is 19.0 Å². The number of aromatic amines is 1. The maximum atomic E-state index is 10.4. The summed E-state index contributed by atoms with van der Waals surface area (Å²) in [5.41, 5.74) is 1.24. The molecule has 0 aliphatic rings. The number of aromatic nitrogens is 2. The molecule has 2 rings (SSSR count). The summed E-state index contributed by atoms with van der Waals surface area (Å²) >= 11 is 0. The number of nitrogens with one attached hydrogen (secondary N) is 2. The van der Waals surface area contributed by atoms with Gasteiger partial charge in [0.05, 0.1) is 11.8 Å². The highest BCUT2D eigenvalue weighted by atomic mass is 16.3. The number of aryl methyl sites for hydroxylation is 1. The SMILES string of the molecule is Cc1ccc(-c2[nH]ncc2CNCC(C)(O)CCC(C)C)o1. The second-order valence-electron chi connectivity index (χ2n) is 6.71. The Labute approximate surface area is 132 Å². The summed E-state index contributed by atoms with van der Waals surface area (Å²) in [6.45, 7) is 9.35. The van der Waals surface area contributed by atoms with Crippen LogP contribution in [0.2, 0.25) is 0 Å². The van der Waals surface area contributed by atoms with Crippen LogP contribution in [0.1, 0.15) is 44.9 Å². The molecule has 5 heteroatoms. The van der Waals surface area contributed by atoms with Crippen molar-refractivity contribution >= 4 is 0 Å². The predicted molar refractivity (Wildman–Crippen MR) is 87.4 cm³/mol. The van der Waals surface area contributed by atoms with Crippen molar-refractivity contribution < 1.29 is 9.52 Å². The summed E-state index contributed by atoms with van der Waals surface area (Å²) in [6, 6.07) is 3.87. The Morgan fingerprint density at radius 2 is 2.18 bits per heavy atom. The van der Waals surface area contributed by atoms with Gasteiger partial charge in [-0.25, -0.2) is 0 Å². The lowest BCUT2D eigenvalue weighted by atomic mass is 9.95. The van der Waals surface area contributed by atoms with Crippen molar-refractivity contribution in [3.63, 3.8) is 0 Å². The van der Waals surface area contributed by atoms with Gasteiger partial charge in [0.25, 0.3) is 0 Å². The Balaban J connectivity index is 1.89. The normalized spacial score (nSPS) is 14.5. The molecule has 0 spiro atoms. The molecule has 0 aliphatic carbocycles. The number of furan rings is 1. The number of rotatable bonds is 8. The molecule has 0 fully saturated rings. The van der Waals surface area contributed by atoms with Crippen LogP contribution in [0.25, 0.3) is 11.5 Å². The van der Waals surface area contributed by atoms with Crippen LogP contribution in [-0.2, 0) is 6.54 Å². The molecule has 2 aromatic rings. The van der Waals surface area contributed by atoms with Crippen molar-refractivity contribution in [1.29, 1.82) is 0 Å². The van der Waals surface area contributed by atoms with E-state index in [4.69, 9.17) is 4.42 Å². The first-order valence-corrected chi connectivity index (χ1v) is 7.89. The van der Waals surface area contributed by atoms with Gasteiger partial charge in [-0.3, -0.25) is 5.10 Å². The molecule has 5 nitrogen and oxygen atoms in total. The number of hydrogen-bond acceptors (Lipinski definition) is 4.